The van der Waals surface area contributed by atoms with Crippen LogP contribution in [0.5, 0.6) is 0 Å². The molecule has 1 nitrogen and oxygen atoms in total. The zero-order chi connectivity index (χ0) is 15.5. The second-order valence-corrected chi connectivity index (χ2v) is 9.36. The van der Waals surface area contributed by atoms with Crippen molar-refractivity contribution in [2.45, 2.75) is 84.7 Å². The number of aliphatic hydroxyl groups is 1. The Morgan fingerprint density at radius 3 is 2.64 bits per heavy atom. The molecule has 0 bridgehead atoms. The summed E-state index contributed by atoms with van der Waals surface area (Å²) in [4.78, 5) is 0. The van der Waals surface area contributed by atoms with Crippen molar-refractivity contribution < 1.29 is 5.11 Å². The van der Waals surface area contributed by atoms with Crippen LogP contribution in [0.25, 0.3) is 0 Å². The zero-order valence-electron chi connectivity index (χ0n) is 14.8. The van der Waals surface area contributed by atoms with Crippen LogP contribution in [0.3, 0.4) is 0 Å². The van der Waals surface area contributed by atoms with Crippen molar-refractivity contribution >= 4 is 0 Å². The highest BCUT2D eigenvalue weighted by atomic mass is 16.3. The van der Waals surface area contributed by atoms with Gasteiger partial charge in [0, 0.05) is 0 Å². The molecule has 4 aliphatic carbocycles. The Labute approximate surface area is 136 Å². The lowest BCUT2D eigenvalue weighted by Gasteiger charge is -2.58. The maximum atomic E-state index is 10.0. The minimum atomic E-state index is -0.163. The number of fused-ring (bicyclic) bond motifs is 5. The number of aliphatic hydroxyl groups excluding tert-OH is 1. The molecule has 0 amide bonds. The molecule has 124 valence electrons. The maximum absolute atomic E-state index is 10.0. The third kappa shape index (κ3) is 1.93. The van der Waals surface area contributed by atoms with Crippen molar-refractivity contribution in [3.05, 3.63) is 11.6 Å². The first-order chi connectivity index (χ1) is 10.5. The summed E-state index contributed by atoms with van der Waals surface area (Å²) < 4.78 is 0. The standard InChI is InChI=1S/C21H34O/c1-4-14-6-8-18-17-7-5-15-13-16(22)9-11-21(15,3)19(17)10-12-20(14,18)2/h13-14,16-19,22H,4-12H2,1-3H3/t14-,16+,17?,18?,19?,20+,21-/m0/s1. The number of hydrogen-bond acceptors (Lipinski definition) is 1. The molecular formula is C21H34O. The van der Waals surface area contributed by atoms with Crippen LogP contribution in [0, 0.1) is 34.5 Å². The lowest BCUT2D eigenvalue weighted by Crippen LogP contribution is -2.50. The zero-order valence-corrected chi connectivity index (χ0v) is 14.8. The van der Waals surface area contributed by atoms with Gasteiger partial charge in [-0.3, -0.25) is 0 Å². The largest absolute Gasteiger partial charge is 0.389 e. The van der Waals surface area contributed by atoms with Gasteiger partial charge in [-0.25, -0.2) is 0 Å². The Hall–Kier alpha value is -0.300. The molecule has 0 aromatic rings. The molecule has 0 spiro atoms. The van der Waals surface area contributed by atoms with Crippen LogP contribution in [-0.2, 0) is 0 Å². The van der Waals surface area contributed by atoms with E-state index in [-0.39, 0.29) is 6.10 Å². The highest BCUT2D eigenvalue weighted by Crippen LogP contribution is 2.67. The second kappa shape index (κ2) is 5.10. The van der Waals surface area contributed by atoms with Gasteiger partial charge >= 0.3 is 0 Å². The van der Waals surface area contributed by atoms with Crippen molar-refractivity contribution in [2.75, 3.05) is 0 Å². The monoisotopic (exact) mass is 302 g/mol. The first kappa shape index (κ1) is 15.2. The first-order valence-electron chi connectivity index (χ1n) is 9.88. The van der Waals surface area contributed by atoms with E-state index in [1.165, 1.54) is 51.4 Å². The number of allylic oxidation sites excluding steroid dienone is 1. The van der Waals surface area contributed by atoms with Crippen molar-refractivity contribution in [1.82, 2.24) is 0 Å². The molecule has 1 N–H and O–H groups in total. The summed E-state index contributed by atoms with van der Waals surface area (Å²) in [6.07, 6.45) is 14.2. The van der Waals surface area contributed by atoms with Gasteiger partial charge in [-0.05, 0) is 85.9 Å². The van der Waals surface area contributed by atoms with Crippen LogP contribution >= 0.6 is 0 Å². The van der Waals surface area contributed by atoms with Gasteiger partial charge < -0.3 is 5.11 Å². The summed E-state index contributed by atoms with van der Waals surface area (Å²) in [6, 6.07) is 0. The topological polar surface area (TPSA) is 20.2 Å². The quantitative estimate of drug-likeness (QED) is 0.648. The van der Waals surface area contributed by atoms with Gasteiger partial charge in [0.2, 0.25) is 0 Å². The molecule has 0 radical (unpaired) electrons. The molecule has 4 rings (SSSR count). The van der Waals surface area contributed by atoms with Gasteiger partial charge in [0.05, 0.1) is 6.10 Å². The van der Waals surface area contributed by atoms with Crippen LogP contribution in [0.15, 0.2) is 11.6 Å². The van der Waals surface area contributed by atoms with Crippen LogP contribution in [0.1, 0.15) is 78.6 Å². The van der Waals surface area contributed by atoms with Crippen LogP contribution in [0.4, 0.5) is 0 Å². The summed E-state index contributed by atoms with van der Waals surface area (Å²) in [7, 11) is 0. The molecule has 1 heteroatoms. The van der Waals surface area contributed by atoms with E-state index in [1.54, 1.807) is 5.57 Å². The second-order valence-electron chi connectivity index (χ2n) is 9.36. The predicted molar refractivity (Wildman–Crippen MR) is 91.5 cm³/mol. The third-order valence-corrected chi connectivity index (χ3v) is 8.78. The Morgan fingerprint density at radius 2 is 1.86 bits per heavy atom. The summed E-state index contributed by atoms with van der Waals surface area (Å²) in [5, 5.41) is 10.0. The van der Waals surface area contributed by atoms with E-state index in [4.69, 9.17) is 0 Å². The van der Waals surface area contributed by atoms with Gasteiger partial charge in [0.1, 0.15) is 0 Å². The Kier molecular flexibility index (Phi) is 3.53. The van der Waals surface area contributed by atoms with Gasteiger partial charge in [-0.1, -0.05) is 38.8 Å². The molecule has 4 aliphatic rings. The summed E-state index contributed by atoms with van der Waals surface area (Å²) >= 11 is 0. The van der Waals surface area contributed by atoms with E-state index in [1.807, 2.05) is 0 Å². The molecule has 0 heterocycles. The molecule has 3 fully saturated rings. The van der Waals surface area contributed by atoms with Crippen molar-refractivity contribution in [1.29, 1.82) is 0 Å². The SMILES string of the molecule is CC[C@H]1CCC2C3CCC4=C[C@H](O)CC[C@]4(C)C3CC[C@@]21C. The first-order valence-corrected chi connectivity index (χ1v) is 9.88. The smallest absolute Gasteiger partial charge is 0.0724 e. The lowest BCUT2D eigenvalue weighted by atomic mass is 9.46. The molecule has 0 aromatic heterocycles. The van der Waals surface area contributed by atoms with E-state index < -0.39 is 0 Å². The van der Waals surface area contributed by atoms with E-state index >= 15 is 0 Å². The van der Waals surface area contributed by atoms with Gasteiger partial charge in [0.25, 0.3) is 0 Å². The summed E-state index contributed by atoms with van der Waals surface area (Å²) in [5.41, 5.74) is 2.66. The van der Waals surface area contributed by atoms with Crippen LogP contribution in [-0.4, -0.2) is 11.2 Å². The molecule has 3 saturated carbocycles. The van der Waals surface area contributed by atoms with E-state index in [2.05, 4.69) is 26.8 Å². The molecule has 22 heavy (non-hydrogen) atoms. The fourth-order valence-corrected chi connectivity index (χ4v) is 7.49. The van der Waals surface area contributed by atoms with E-state index in [9.17, 15) is 5.11 Å². The normalized spacial score (nSPS) is 54.2. The molecule has 3 unspecified atom stereocenters. The van der Waals surface area contributed by atoms with Crippen LogP contribution < -0.4 is 0 Å². The molecule has 0 aromatic carbocycles. The van der Waals surface area contributed by atoms with Gasteiger partial charge in [0.15, 0.2) is 0 Å². The van der Waals surface area contributed by atoms with E-state index in [0.29, 0.717) is 10.8 Å². The molecule has 7 atom stereocenters. The predicted octanol–water partition coefficient (Wildman–Crippen LogP) is 5.34. The Balaban J connectivity index is 1.65. The summed E-state index contributed by atoms with van der Waals surface area (Å²) in [6.45, 7) is 7.58. The molecular weight excluding hydrogens is 268 g/mol. The van der Waals surface area contributed by atoms with Gasteiger partial charge in [-0.2, -0.15) is 0 Å². The highest BCUT2D eigenvalue weighted by Gasteiger charge is 2.58. The van der Waals surface area contributed by atoms with E-state index in [0.717, 1.165) is 30.1 Å². The molecule has 0 saturated heterocycles. The van der Waals surface area contributed by atoms with Crippen LogP contribution in [0.2, 0.25) is 0 Å². The summed E-state index contributed by atoms with van der Waals surface area (Å²) in [5.74, 6) is 3.83. The average Bonchev–Trinajstić information content (AvgIpc) is 2.84. The van der Waals surface area contributed by atoms with Crippen molar-refractivity contribution in [2.24, 2.45) is 34.5 Å². The third-order valence-electron chi connectivity index (χ3n) is 8.78. The van der Waals surface area contributed by atoms with Crippen molar-refractivity contribution in [3.8, 4) is 0 Å². The molecule has 0 aliphatic heterocycles. The minimum Gasteiger partial charge on any atom is -0.389 e. The fourth-order valence-electron chi connectivity index (χ4n) is 7.49. The number of rotatable bonds is 1. The minimum absolute atomic E-state index is 0.163. The Bertz CT molecular complexity index is 480. The Morgan fingerprint density at radius 1 is 1.05 bits per heavy atom. The lowest BCUT2D eigenvalue weighted by molar-refractivity contribution is -0.0554. The van der Waals surface area contributed by atoms with Crippen molar-refractivity contribution in [3.63, 3.8) is 0 Å². The fraction of sp³-hybridized carbons (Fsp3) is 0.905. The number of hydrogen-bond donors (Lipinski definition) is 1. The highest BCUT2D eigenvalue weighted by molar-refractivity contribution is 5.25. The maximum Gasteiger partial charge on any atom is 0.0724 e. The average molecular weight is 303 g/mol. The van der Waals surface area contributed by atoms with Gasteiger partial charge in [-0.15, -0.1) is 0 Å².